The SMILES string of the molecule is CC#CCCC(NC)c1ncccn1. The summed E-state index contributed by atoms with van der Waals surface area (Å²) in [6.07, 6.45) is 5.35. The van der Waals surface area contributed by atoms with Crippen LogP contribution in [0.5, 0.6) is 0 Å². The van der Waals surface area contributed by atoms with Gasteiger partial charge in [0.25, 0.3) is 0 Å². The van der Waals surface area contributed by atoms with Gasteiger partial charge in [0.2, 0.25) is 0 Å². The van der Waals surface area contributed by atoms with Crippen LogP contribution in [0.2, 0.25) is 0 Å². The summed E-state index contributed by atoms with van der Waals surface area (Å²) >= 11 is 0. The van der Waals surface area contributed by atoms with Crippen molar-refractivity contribution < 1.29 is 0 Å². The minimum atomic E-state index is 0.206. The molecule has 3 heteroatoms. The fourth-order valence-electron chi connectivity index (χ4n) is 1.23. The predicted molar refractivity (Wildman–Crippen MR) is 56.5 cm³/mol. The quantitative estimate of drug-likeness (QED) is 0.730. The monoisotopic (exact) mass is 189 g/mol. The van der Waals surface area contributed by atoms with Gasteiger partial charge in [-0.3, -0.25) is 0 Å². The molecule has 74 valence electrons. The molecule has 1 unspecified atom stereocenters. The van der Waals surface area contributed by atoms with Crippen molar-refractivity contribution in [2.75, 3.05) is 7.05 Å². The summed E-state index contributed by atoms with van der Waals surface area (Å²) in [6, 6.07) is 2.03. The first kappa shape index (κ1) is 10.7. The second-order valence-corrected chi connectivity index (χ2v) is 2.91. The highest BCUT2D eigenvalue weighted by Gasteiger charge is 2.09. The number of nitrogens with zero attached hydrogens (tertiary/aromatic N) is 2. The van der Waals surface area contributed by atoms with E-state index in [1.807, 2.05) is 20.0 Å². The molecule has 1 aromatic rings. The third-order valence-electron chi connectivity index (χ3n) is 1.98. The molecule has 14 heavy (non-hydrogen) atoms. The van der Waals surface area contributed by atoms with E-state index in [0.29, 0.717) is 0 Å². The Bertz CT molecular complexity index is 310. The van der Waals surface area contributed by atoms with Gasteiger partial charge in [0.1, 0.15) is 5.82 Å². The molecule has 0 saturated carbocycles. The molecule has 0 saturated heterocycles. The first-order valence-corrected chi connectivity index (χ1v) is 4.72. The number of hydrogen-bond donors (Lipinski definition) is 1. The Morgan fingerprint density at radius 1 is 1.43 bits per heavy atom. The van der Waals surface area contributed by atoms with Gasteiger partial charge in [-0.1, -0.05) is 0 Å². The third-order valence-corrected chi connectivity index (χ3v) is 1.98. The van der Waals surface area contributed by atoms with E-state index >= 15 is 0 Å². The van der Waals surface area contributed by atoms with Crippen molar-refractivity contribution in [1.82, 2.24) is 15.3 Å². The van der Waals surface area contributed by atoms with Gasteiger partial charge < -0.3 is 5.32 Å². The molecule has 1 aromatic heterocycles. The molecule has 0 bridgehead atoms. The van der Waals surface area contributed by atoms with E-state index < -0.39 is 0 Å². The zero-order valence-electron chi connectivity index (χ0n) is 8.62. The van der Waals surface area contributed by atoms with Gasteiger partial charge in [-0.15, -0.1) is 11.8 Å². The predicted octanol–water partition coefficient (Wildman–Crippen LogP) is 1.54. The molecule has 1 atom stereocenters. The van der Waals surface area contributed by atoms with Crippen LogP contribution in [0.25, 0.3) is 0 Å². The summed E-state index contributed by atoms with van der Waals surface area (Å²) in [5, 5.41) is 3.18. The molecule has 1 rings (SSSR count). The smallest absolute Gasteiger partial charge is 0.145 e. The Kier molecular flexibility index (Phi) is 4.66. The van der Waals surface area contributed by atoms with Gasteiger partial charge in [0.05, 0.1) is 6.04 Å². The lowest BCUT2D eigenvalue weighted by atomic mass is 10.1. The van der Waals surface area contributed by atoms with Crippen molar-refractivity contribution in [3.05, 3.63) is 24.3 Å². The van der Waals surface area contributed by atoms with Crippen LogP contribution in [-0.2, 0) is 0 Å². The van der Waals surface area contributed by atoms with Crippen LogP contribution in [-0.4, -0.2) is 17.0 Å². The Hall–Kier alpha value is -1.40. The Morgan fingerprint density at radius 2 is 2.14 bits per heavy atom. The molecule has 1 N–H and O–H groups in total. The lowest BCUT2D eigenvalue weighted by molar-refractivity contribution is 0.528. The molecule has 0 spiro atoms. The van der Waals surface area contributed by atoms with Crippen LogP contribution in [0.4, 0.5) is 0 Å². The zero-order chi connectivity index (χ0) is 10.2. The number of nitrogens with one attached hydrogen (secondary N) is 1. The highest BCUT2D eigenvalue weighted by Crippen LogP contribution is 2.12. The van der Waals surface area contributed by atoms with Crippen molar-refractivity contribution in [2.24, 2.45) is 0 Å². The average molecular weight is 189 g/mol. The molecule has 0 aliphatic heterocycles. The maximum Gasteiger partial charge on any atom is 0.145 e. The van der Waals surface area contributed by atoms with E-state index in [0.717, 1.165) is 18.7 Å². The van der Waals surface area contributed by atoms with Crippen molar-refractivity contribution in [3.8, 4) is 11.8 Å². The fourth-order valence-corrected chi connectivity index (χ4v) is 1.23. The van der Waals surface area contributed by atoms with Gasteiger partial charge in [0, 0.05) is 18.8 Å². The Labute approximate surface area is 85.0 Å². The van der Waals surface area contributed by atoms with Gasteiger partial charge in [-0.25, -0.2) is 9.97 Å². The molecule has 0 radical (unpaired) electrons. The van der Waals surface area contributed by atoms with Crippen LogP contribution in [0, 0.1) is 11.8 Å². The van der Waals surface area contributed by atoms with Crippen molar-refractivity contribution >= 4 is 0 Å². The van der Waals surface area contributed by atoms with E-state index in [2.05, 4.69) is 27.1 Å². The Morgan fingerprint density at radius 3 is 2.71 bits per heavy atom. The maximum atomic E-state index is 4.21. The molecule has 0 aliphatic rings. The molecule has 0 amide bonds. The first-order valence-electron chi connectivity index (χ1n) is 4.72. The molecular formula is C11H15N3. The summed E-state index contributed by atoms with van der Waals surface area (Å²) < 4.78 is 0. The van der Waals surface area contributed by atoms with Gasteiger partial charge in [-0.05, 0) is 26.5 Å². The first-order chi connectivity index (χ1) is 6.88. The van der Waals surface area contributed by atoms with Crippen molar-refractivity contribution in [1.29, 1.82) is 0 Å². The molecular weight excluding hydrogens is 174 g/mol. The van der Waals surface area contributed by atoms with Gasteiger partial charge in [0.15, 0.2) is 0 Å². The molecule has 0 fully saturated rings. The minimum Gasteiger partial charge on any atom is -0.310 e. The number of hydrogen-bond acceptors (Lipinski definition) is 3. The average Bonchev–Trinajstić information content (AvgIpc) is 2.26. The number of rotatable bonds is 4. The summed E-state index contributed by atoms with van der Waals surface area (Å²) in [5.41, 5.74) is 0. The molecule has 0 aliphatic carbocycles. The highest BCUT2D eigenvalue weighted by atomic mass is 15.0. The van der Waals surface area contributed by atoms with Crippen LogP contribution >= 0.6 is 0 Å². The van der Waals surface area contributed by atoms with E-state index in [1.165, 1.54) is 0 Å². The van der Waals surface area contributed by atoms with Crippen LogP contribution in [0.15, 0.2) is 18.5 Å². The topological polar surface area (TPSA) is 37.8 Å². The maximum absolute atomic E-state index is 4.21. The van der Waals surface area contributed by atoms with Crippen molar-refractivity contribution in [3.63, 3.8) is 0 Å². The second kappa shape index (κ2) is 6.11. The molecule has 0 aromatic carbocycles. The van der Waals surface area contributed by atoms with Crippen LogP contribution < -0.4 is 5.32 Å². The largest absolute Gasteiger partial charge is 0.310 e. The molecule has 3 nitrogen and oxygen atoms in total. The minimum absolute atomic E-state index is 0.206. The van der Waals surface area contributed by atoms with E-state index in [-0.39, 0.29) is 6.04 Å². The molecule has 1 heterocycles. The van der Waals surface area contributed by atoms with E-state index in [1.54, 1.807) is 12.4 Å². The van der Waals surface area contributed by atoms with Crippen LogP contribution in [0.3, 0.4) is 0 Å². The van der Waals surface area contributed by atoms with Gasteiger partial charge >= 0.3 is 0 Å². The lowest BCUT2D eigenvalue weighted by Crippen LogP contribution is -2.18. The Balaban J connectivity index is 2.57. The van der Waals surface area contributed by atoms with Crippen molar-refractivity contribution in [2.45, 2.75) is 25.8 Å². The second-order valence-electron chi connectivity index (χ2n) is 2.91. The van der Waals surface area contributed by atoms with E-state index in [9.17, 15) is 0 Å². The number of aromatic nitrogens is 2. The normalized spacial score (nSPS) is 11.6. The van der Waals surface area contributed by atoms with Gasteiger partial charge in [-0.2, -0.15) is 0 Å². The summed E-state index contributed by atoms with van der Waals surface area (Å²) in [7, 11) is 1.92. The summed E-state index contributed by atoms with van der Waals surface area (Å²) in [5.74, 6) is 6.76. The highest BCUT2D eigenvalue weighted by molar-refractivity contribution is 5.00. The fraction of sp³-hybridized carbons (Fsp3) is 0.455. The van der Waals surface area contributed by atoms with E-state index in [4.69, 9.17) is 0 Å². The van der Waals surface area contributed by atoms with Crippen LogP contribution in [0.1, 0.15) is 31.6 Å². The summed E-state index contributed by atoms with van der Waals surface area (Å²) in [6.45, 7) is 1.85. The zero-order valence-corrected chi connectivity index (χ0v) is 8.62. The summed E-state index contributed by atoms with van der Waals surface area (Å²) in [4.78, 5) is 8.41. The lowest BCUT2D eigenvalue weighted by Gasteiger charge is -2.12. The third kappa shape index (κ3) is 3.15. The standard InChI is InChI=1S/C11H15N3/c1-3-4-5-7-10(12-2)11-13-8-6-9-14-11/h6,8-10,12H,5,7H2,1-2H3.